The van der Waals surface area contributed by atoms with Gasteiger partial charge in [-0.25, -0.2) is 4.98 Å². The van der Waals surface area contributed by atoms with E-state index < -0.39 is 0 Å². The van der Waals surface area contributed by atoms with E-state index in [1.54, 1.807) is 0 Å². The van der Waals surface area contributed by atoms with Crippen molar-refractivity contribution < 1.29 is 4.79 Å². The third-order valence-electron chi connectivity index (χ3n) is 5.66. The number of aromatic amines is 1. The summed E-state index contributed by atoms with van der Waals surface area (Å²) in [5.41, 5.74) is 4.30. The summed E-state index contributed by atoms with van der Waals surface area (Å²) in [5, 5.41) is 4.39. The third-order valence-corrected chi connectivity index (χ3v) is 5.66. The van der Waals surface area contributed by atoms with Crippen LogP contribution in [0, 0.1) is 5.92 Å². The number of nitrogens with one attached hydrogen (secondary N) is 2. The molecule has 1 fully saturated rings. The van der Waals surface area contributed by atoms with Gasteiger partial charge in [0.15, 0.2) is 0 Å². The molecule has 2 aromatic heterocycles. The summed E-state index contributed by atoms with van der Waals surface area (Å²) in [7, 11) is 2.04. The Morgan fingerprint density at radius 1 is 1.26 bits per heavy atom. The van der Waals surface area contributed by atoms with E-state index in [0.717, 1.165) is 28.8 Å². The van der Waals surface area contributed by atoms with Gasteiger partial charge in [-0.05, 0) is 48.6 Å². The van der Waals surface area contributed by atoms with Crippen LogP contribution in [-0.2, 0) is 11.8 Å². The Bertz CT molecular complexity index is 1120. The molecule has 27 heavy (non-hydrogen) atoms. The Labute approximate surface area is 157 Å². The van der Waals surface area contributed by atoms with Crippen molar-refractivity contribution in [2.75, 3.05) is 0 Å². The Balaban J connectivity index is 1.29. The second-order valence-electron chi connectivity index (χ2n) is 7.56. The highest BCUT2D eigenvalue weighted by Gasteiger charge is 2.46. The molecule has 0 bridgehead atoms. The molecule has 1 saturated carbocycles. The molecule has 2 heterocycles. The van der Waals surface area contributed by atoms with Gasteiger partial charge in [0.05, 0.1) is 17.1 Å². The number of aromatic nitrogens is 3. The second kappa shape index (κ2) is 5.98. The Morgan fingerprint density at radius 3 is 2.96 bits per heavy atom. The lowest BCUT2D eigenvalue weighted by Gasteiger charge is -2.15. The molecule has 1 aliphatic rings. The van der Waals surface area contributed by atoms with Gasteiger partial charge < -0.3 is 14.9 Å². The molecule has 1 aliphatic carbocycles. The van der Waals surface area contributed by atoms with E-state index in [0.29, 0.717) is 0 Å². The molecule has 0 spiro atoms. The highest BCUT2D eigenvalue weighted by Crippen LogP contribution is 2.47. The average molecular weight is 358 g/mol. The topological polar surface area (TPSA) is 62.7 Å². The summed E-state index contributed by atoms with van der Waals surface area (Å²) < 4.78 is 2.10. The molecule has 1 amide bonds. The fourth-order valence-electron chi connectivity index (χ4n) is 3.89. The minimum atomic E-state index is -0.0197. The van der Waals surface area contributed by atoms with E-state index in [2.05, 4.69) is 50.3 Å². The van der Waals surface area contributed by atoms with Crippen LogP contribution in [0.25, 0.3) is 21.9 Å². The second-order valence-corrected chi connectivity index (χ2v) is 7.56. The van der Waals surface area contributed by atoms with Gasteiger partial charge in [0.2, 0.25) is 5.91 Å². The molecule has 4 aromatic rings. The zero-order chi connectivity index (χ0) is 18.5. The van der Waals surface area contributed by atoms with Crippen LogP contribution in [0.15, 0.2) is 54.7 Å². The van der Waals surface area contributed by atoms with E-state index in [1.807, 2.05) is 38.2 Å². The molecular formula is C22H22N4O. The van der Waals surface area contributed by atoms with Gasteiger partial charge in [-0.15, -0.1) is 0 Å². The lowest BCUT2D eigenvalue weighted by molar-refractivity contribution is -0.123. The Morgan fingerprint density at radius 2 is 2.11 bits per heavy atom. The molecule has 0 aliphatic heterocycles. The number of imidazole rings is 1. The van der Waals surface area contributed by atoms with Crippen molar-refractivity contribution in [3.8, 4) is 0 Å². The highest BCUT2D eigenvalue weighted by atomic mass is 16.2. The number of H-pyrrole nitrogens is 1. The van der Waals surface area contributed by atoms with Gasteiger partial charge >= 0.3 is 0 Å². The van der Waals surface area contributed by atoms with Gasteiger partial charge in [0, 0.05) is 30.6 Å². The van der Waals surface area contributed by atoms with Crippen molar-refractivity contribution in [1.82, 2.24) is 19.9 Å². The summed E-state index contributed by atoms with van der Waals surface area (Å²) in [6.07, 6.45) is 2.91. The normalized spacial score (nSPS) is 20.1. The van der Waals surface area contributed by atoms with Crippen LogP contribution in [0.1, 0.15) is 36.7 Å². The maximum absolute atomic E-state index is 12.7. The fraction of sp³-hybridized carbons (Fsp3) is 0.273. The van der Waals surface area contributed by atoms with Crippen molar-refractivity contribution in [2.24, 2.45) is 13.0 Å². The average Bonchev–Trinajstić information content (AvgIpc) is 3.23. The number of fused-ring (bicyclic) bond motifs is 2. The molecular weight excluding hydrogens is 336 g/mol. The van der Waals surface area contributed by atoms with E-state index in [-0.39, 0.29) is 23.8 Å². The molecule has 2 N–H and O–H groups in total. The number of nitrogens with zero attached hydrogens (tertiary/aromatic N) is 2. The van der Waals surface area contributed by atoms with Gasteiger partial charge in [0.1, 0.15) is 5.82 Å². The summed E-state index contributed by atoms with van der Waals surface area (Å²) in [4.78, 5) is 20.7. The van der Waals surface area contributed by atoms with Crippen molar-refractivity contribution in [3.63, 3.8) is 0 Å². The molecule has 3 atom stereocenters. The number of benzene rings is 2. The van der Waals surface area contributed by atoms with Crippen LogP contribution in [0.5, 0.6) is 0 Å². The number of hydrogen-bond donors (Lipinski definition) is 2. The first-order chi connectivity index (χ1) is 13.1. The summed E-state index contributed by atoms with van der Waals surface area (Å²) in [6, 6.07) is 16.4. The first-order valence-corrected chi connectivity index (χ1v) is 9.40. The Hall–Kier alpha value is -3.08. The first kappa shape index (κ1) is 16.1. The predicted octanol–water partition coefficient (Wildman–Crippen LogP) is 4.04. The molecule has 5 nitrogen and oxygen atoms in total. The largest absolute Gasteiger partial charge is 0.351 e. The van der Waals surface area contributed by atoms with Crippen molar-refractivity contribution in [2.45, 2.75) is 25.3 Å². The van der Waals surface area contributed by atoms with Crippen molar-refractivity contribution in [3.05, 3.63) is 66.1 Å². The van der Waals surface area contributed by atoms with Crippen molar-refractivity contribution >= 4 is 27.8 Å². The number of hydrogen-bond acceptors (Lipinski definition) is 2. The van der Waals surface area contributed by atoms with Crippen LogP contribution >= 0.6 is 0 Å². The SMILES string of the molecule is C[C@@H](NC(=O)C1C[C@@H]1c1nc2ccccc2[nH]1)c1ccc2ccn(C)c2c1. The number of carbonyl (C=O) groups excluding carboxylic acids is 1. The zero-order valence-corrected chi connectivity index (χ0v) is 15.4. The molecule has 1 unspecified atom stereocenters. The number of para-hydroxylation sites is 2. The monoisotopic (exact) mass is 358 g/mol. The van der Waals surface area contributed by atoms with Crippen LogP contribution < -0.4 is 5.32 Å². The number of rotatable bonds is 4. The van der Waals surface area contributed by atoms with Gasteiger partial charge in [-0.3, -0.25) is 4.79 Å². The molecule has 0 radical (unpaired) electrons. The van der Waals surface area contributed by atoms with E-state index in [9.17, 15) is 4.79 Å². The van der Waals surface area contributed by atoms with Gasteiger partial charge in [-0.1, -0.05) is 24.3 Å². The summed E-state index contributed by atoms with van der Waals surface area (Å²) in [5.74, 6) is 1.24. The molecule has 0 saturated heterocycles. The maximum atomic E-state index is 12.7. The molecule has 5 heteroatoms. The third kappa shape index (κ3) is 2.79. The predicted molar refractivity (Wildman–Crippen MR) is 106 cm³/mol. The molecule has 136 valence electrons. The van der Waals surface area contributed by atoms with Gasteiger partial charge in [-0.2, -0.15) is 0 Å². The summed E-state index contributed by atoms with van der Waals surface area (Å²) in [6.45, 7) is 2.04. The van der Waals surface area contributed by atoms with Crippen LogP contribution in [0.2, 0.25) is 0 Å². The lowest BCUT2D eigenvalue weighted by atomic mass is 10.1. The van der Waals surface area contributed by atoms with Gasteiger partial charge in [0.25, 0.3) is 0 Å². The molecule has 2 aromatic carbocycles. The number of amides is 1. The Kier molecular flexibility index (Phi) is 3.57. The van der Waals surface area contributed by atoms with E-state index in [4.69, 9.17) is 0 Å². The summed E-state index contributed by atoms with van der Waals surface area (Å²) >= 11 is 0. The standard InChI is InChI=1S/C22H22N4O/c1-13(15-8-7-14-9-10-26(2)20(14)11-15)23-22(27)17-12-16(17)21-24-18-5-3-4-6-19(18)25-21/h3-11,13,16-17H,12H2,1-2H3,(H,23,27)(H,24,25)/t13-,16+,17?/m1/s1. The maximum Gasteiger partial charge on any atom is 0.224 e. The number of carbonyl (C=O) groups is 1. The number of aryl methyl sites for hydroxylation is 1. The first-order valence-electron chi connectivity index (χ1n) is 9.40. The fourth-order valence-corrected chi connectivity index (χ4v) is 3.89. The van der Waals surface area contributed by atoms with E-state index >= 15 is 0 Å². The quantitative estimate of drug-likeness (QED) is 0.578. The van der Waals surface area contributed by atoms with Crippen LogP contribution in [0.3, 0.4) is 0 Å². The molecule has 5 rings (SSSR count). The minimum Gasteiger partial charge on any atom is -0.351 e. The lowest BCUT2D eigenvalue weighted by Crippen LogP contribution is -2.28. The van der Waals surface area contributed by atoms with Crippen LogP contribution in [0.4, 0.5) is 0 Å². The smallest absolute Gasteiger partial charge is 0.224 e. The van der Waals surface area contributed by atoms with E-state index in [1.165, 1.54) is 10.9 Å². The van der Waals surface area contributed by atoms with Crippen LogP contribution in [-0.4, -0.2) is 20.4 Å². The minimum absolute atomic E-state index is 0.00628. The van der Waals surface area contributed by atoms with Crippen molar-refractivity contribution in [1.29, 1.82) is 0 Å². The highest BCUT2D eigenvalue weighted by molar-refractivity contribution is 5.84. The zero-order valence-electron chi connectivity index (χ0n) is 15.4.